The Kier molecular flexibility index (Phi) is 3.03. The van der Waals surface area contributed by atoms with E-state index >= 15 is 0 Å². The lowest BCUT2D eigenvalue weighted by Crippen LogP contribution is -2.49. The first-order valence-corrected chi connectivity index (χ1v) is 5.38. The van der Waals surface area contributed by atoms with Crippen LogP contribution in [0, 0.1) is 5.92 Å². The zero-order chi connectivity index (χ0) is 12.6. The molecule has 94 valence electrons. The summed E-state index contributed by atoms with van der Waals surface area (Å²) in [6, 6.07) is 0. The molecule has 6 nitrogen and oxygen atoms in total. The summed E-state index contributed by atoms with van der Waals surface area (Å²) in [5.74, 6) is -2.69. The minimum atomic E-state index is -2.26. The van der Waals surface area contributed by atoms with E-state index in [-0.39, 0.29) is 18.8 Å². The molecule has 2 saturated heterocycles. The number of rotatable bonds is 4. The van der Waals surface area contributed by atoms with E-state index in [2.05, 4.69) is 4.74 Å². The van der Waals surface area contributed by atoms with Gasteiger partial charge in [-0.25, -0.2) is 4.79 Å². The third kappa shape index (κ3) is 1.99. The van der Waals surface area contributed by atoms with E-state index in [1.54, 1.807) is 0 Å². The van der Waals surface area contributed by atoms with Gasteiger partial charge in [0.25, 0.3) is 0 Å². The van der Waals surface area contributed by atoms with Crippen LogP contribution < -0.4 is 0 Å². The van der Waals surface area contributed by atoms with Crippen LogP contribution in [0.5, 0.6) is 0 Å². The molecule has 0 bridgehead atoms. The van der Waals surface area contributed by atoms with E-state index in [4.69, 9.17) is 9.84 Å². The van der Waals surface area contributed by atoms with E-state index in [0.29, 0.717) is 0 Å². The number of cyclic esters (lactones) is 1. The van der Waals surface area contributed by atoms with Crippen molar-refractivity contribution in [1.82, 2.24) is 0 Å². The molecule has 17 heavy (non-hydrogen) atoms. The van der Waals surface area contributed by atoms with Crippen molar-refractivity contribution in [2.75, 3.05) is 13.2 Å². The number of aliphatic hydroxyl groups is 2. The summed E-state index contributed by atoms with van der Waals surface area (Å²) < 4.78 is 9.66. The standard InChI is InChI=1S/C11H14O6/c1-6-8(17-6)2-3-9(13)11(15)7(4-12)5-16-10(11)14/h2-3,6-8,12,15H,4-5H2,1H3/b3-2-/t6?,7-,8?,11+/m1/s1. The Bertz CT molecular complexity index is 376. The van der Waals surface area contributed by atoms with E-state index in [0.717, 1.165) is 6.08 Å². The van der Waals surface area contributed by atoms with Crippen molar-refractivity contribution in [1.29, 1.82) is 0 Å². The normalized spacial score (nSPS) is 40.6. The van der Waals surface area contributed by atoms with Gasteiger partial charge in [-0.1, -0.05) is 0 Å². The van der Waals surface area contributed by atoms with E-state index in [1.165, 1.54) is 6.08 Å². The molecular formula is C11H14O6. The van der Waals surface area contributed by atoms with E-state index < -0.39 is 29.9 Å². The lowest BCUT2D eigenvalue weighted by Gasteiger charge is -2.20. The molecular weight excluding hydrogens is 228 g/mol. The molecule has 2 unspecified atom stereocenters. The van der Waals surface area contributed by atoms with Crippen molar-refractivity contribution in [3.8, 4) is 0 Å². The Morgan fingerprint density at radius 2 is 2.29 bits per heavy atom. The highest BCUT2D eigenvalue weighted by atomic mass is 16.6. The van der Waals surface area contributed by atoms with Crippen LogP contribution in [0.1, 0.15) is 6.92 Å². The van der Waals surface area contributed by atoms with Crippen LogP contribution in [0.4, 0.5) is 0 Å². The molecule has 0 aromatic rings. The highest BCUT2D eigenvalue weighted by molar-refractivity contribution is 6.13. The number of hydrogen-bond acceptors (Lipinski definition) is 6. The number of ketones is 1. The molecule has 4 atom stereocenters. The first kappa shape index (κ1) is 12.2. The first-order valence-electron chi connectivity index (χ1n) is 5.38. The Hall–Kier alpha value is -1.24. The third-order valence-corrected chi connectivity index (χ3v) is 3.11. The second-order valence-corrected chi connectivity index (χ2v) is 4.27. The average Bonchev–Trinajstić information content (AvgIpc) is 2.93. The Morgan fingerprint density at radius 3 is 2.82 bits per heavy atom. The summed E-state index contributed by atoms with van der Waals surface area (Å²) in [7, 11) is 0. The lowest BCUT2D eigenvalue weighted by atomic mass is 9.86. The van der Waals surface area contributed by atoms with Crippen LogP contribution in [0.3, 0.4) is 0 Å². The predicted molar refractivity (Wildman–Crippen MR) is 55.0 cm³/mol. The number of ether oxygens (including phenoxy) is 2. The van der Waals surface area contributed by atoms with Gasteiger partial charge in [-0.15, -0.1) is 0 Å². The van der Waals surface area contributed by atoms with Gasteiger partial charge in [0.1, 0.15) is 12.7 Å². The lowest BCUT2D eigenvalue weighted by molar-refractivity contribution is -0.160. The molecule has 0 aromatic carbocycles. The number of hydrogen-bond donors (Lipinski definition) is 2. The minimum Gasteiger partial charge on any atom is -0.463 e. The quantitative estimate of drug-likeness (QED) is 0.278. The molecule has 2 rings (SSSR count). The van der Waals surface area contributed by atoms with Crippen molar-refractivity contribution in [2.24, 2.45) is 5.92 Å². The molecule has 0 spiro atoms. The fraction of sp³-hybridized carbons (Fsp3) is 0.636. The highest BCUT2D eigenvalue weighted by Gasteiger charge is 2.55. The Labute approximate surface area is 97.8 Å². The number of esters is 1. The summed E-state index contributed by atoms with van der Waals surface area (Å²) in [6.45, 7) is 1.20. The Morgan fingerprint density at radius 1 is 1.65 bits per heavy atom. The SMILES string of the molecule is CC1OC1/C=C\C(=O)[C@]1(O)C(=O)OC[C@H]1CO. The van der Waals surface area contributed by atoms with Gasteiger partial charge >= 0.3 is 5.97 Å². The molecule has 0 aromatic heterocycles. The second-order valence-electron chi connectivity index (χ2n) is 4.27. The van der Waals surface area contributed by atoms with Crippen molar-refractivity contribution in [3.63, 3.8) is 0 Å². The molecule has 2 fully saturated rings. The van der Waals surface area contributed by atoms with E-state index in [9.17, 15) is 14.7 Å². The van der Waals surface area contributed by atoms with Gasteiger partial charge in [0, 0.05) is 0 Å². The summed E-state index contributed by atoms with van der Waals surface area (Å²) in [5, 5.41) is 19.0. The maximum Gasteiger partial charge on any atom is 0.346 e. The van der Waals surface area contributed by atoms with Gasteiger partial charge in [-0.3, -0.25) is 4.79 Å². The molecule has 0 saturated carbocycles. The van der Waals surface area contributed by atoms with Gasteiger partial charge in [-0.05, 0) is 19.1 Å². The second kappa shape index (κ2) is 4.21. The third-order valence-electron chi connectivity index (χ3n) is 3.11. The maximum absolute atomic E-state index is 11.8. The van der Waals surface area contributed by atoms with Crippen LogP contribution >= 0.6 is 0 Å². The summed E-state index contributed by atoms with van der Waals surface area (Å²) in [6.07, 6.45) is 2.51. The van der Waals surface area contributed by atoms with Crippen molar-refractivity contribution < 1.29 is 29.3 Å². The molecule has 0 radical (unpaired) electrons. The van der Waals surface area contributed by atoms with Gasteiger partial charge in [0.05, 0.1) is 18.6 Å². The van der Waals surface area contributed by atoms with Gasteiger partial charge in [0.15, 0.2) is 5.78 Å². The van der Waals surface area contributed by atoms with Gasteiger partial charge in [-0.2, -0.15) is 0 Å². The van der Waals surface area contributed by atoms with Gasteiger partial charge in [0.2, 0.25) is 5.60 Å². The van der Waals surface area contributed by atoms with Crippen LogP contribution in [-0.2, 0) is 19.1 Å². The Balaban J connectivity index is 2.10. The monoisotopic (exact) mass is 242 g/mol. The largest absolute Gasteiger partial charge is 0.463 e. The van der Waals surface area contributed by atoms with Crippen LogP contribution in [-0.4, -0.2) is 53.0 Å². The molecule has 2 aliphatic rings. The van der Waals surface area contributed by atoms with Crippen molar-refractivity contribution in [3.05, 3.63) is 12.2 Å². The molecule has 6 heteroatoms. The fourth-order valence-corrected chi connectivity index (χ4v) is 1.77. The first-order chi connectivity index (χ1) is 8.00. The predicted octanol–water partition coefficient (Wildman–Crippen LogP) is -1.20. The summed E-state index contributed by atoms with van der Waals surface area (Å²) in [4.78, 5) is 23.1. The molecule has 0 aliphatic carbocycles. The topological polar surface area (TPSA) is 96.4 Å². The number of epoxide rings is 1. The molecule has 0 amide bonds. The van der Waals surface area contributed by atoms with Crippen molar-refractivity contribution in [2.45, 2.75) is 24.7 Å². The fourth-order valence-electron chi connectivity index (χ4n) is 1.77. The van der Waals surface area contributed by atoms with Crippen LogP contribution in [0.15, 0.2) is 12.2 Å². The number of carbonyl (C=O) groups is 2. The van der Waals surface area contributed by atoms with Crippen LogP contribution in [0.2, 0.25) is 0 Å². The number of carbonyl (C=O) groups excluding carboxylic acids is 2. The zero-order valence-corrected chi connectivity index (χ0v) is 9.33. The van der Waals surface area contributed by atoms with Gasteiger partial charge < -0.3 is 19.7 Å². The number of aliphatic hydroxyl groups excluding tert-OH is 1. The minimum absolute atomic E-state index is 0.0536. The highest BCUT2D eigenvalue weighted by Crippen LogP contribution is 2.29. The molecule has 2 N–H and O–H groups in total. The zero-order valence-electron chi connectivity index (χ0n) is 9.33. The summed E-state index contributed by atoms with van der Waals surface area (Å²) >= 11 is 0. The smallest absolute Gasteiger partial charge is 0.346 e. The summed E-state index contributed by atoms with van der Waals surface area (Å²) in [5.41, 5.74) is -2.26. The molecule has 2 aliphatic heterocycles. The van der Waals surface area contributed by atoms with E-state index in [1.807, 2.05) is 6.92 Å². The maximum atomic E-state index is 11.8. The molecule has 2 heterocycles. The average molecular weight is 242 g/mol. The van der Waals surface area contributed by atoms with Crippen LogP contribution in [0.25, 0.3) is 0 Å². The van der Waals surface area contributed by atoms with Crippen molar-refractivity contribution >= 4 is 11.8 Å².